The highest BCUT2D eigenvalue weighted by atomic mass is 32.2. The van der Waals surface area contributed by atoms with Crippen molar-refractivity contribution in [2.45, 2.75) is 32.2 Å². The van der Waals surface area contributed by atoms with Crippen LogP contribution in [0.1, 0.15) is 26.2 Å². The number of nitrogens with one attached hydrogen (secondary N) is 1. The molecule has 0 spiro atoms. The fraction of sp³-hybridized carbons (Fsp3) is 1.00. The largest absolute Gasteiger partial charge is 0.314 e. The maximum atomic E-state index is 11.7. The molecule has 1 unspecified atom stereocenters. The Bertz CT molecular complexity index is 345. The summed E-state index contributed by atoms with van der Waals surface area (Å²) in [5, 5.41) is 3.62. The first-order chi connectivity index (χ1) is 8.62. The van der Waals surface area contributed by atoms with E-state index in [0.717, 1.165) is 25.3 Å². The standard InChI is InChI=1S/C12H24N2O2S2/c1-2-18(15,16)14-6-3-12(4-7-14)13-9-11-5-8-17-10-11/h11-13H,2-10H2,1H3. The summed E-state index contributed by atoms with van der Waals surface area (Å²) < 4.78 is 25.1. The molecule has 0 aromatic rings. The van der Waals surface area contributed by atoms with Crippen molar-refractivity contribution in [2.24, 2.45) is 5.92 Å². The van der Waals surface area contributed by atoms with Crippen LogP contribution in [0.3, 0.4) is 0 Å². The average molecular weight is 292 g/mol. The van der Waals surface area contributed by atoms with Crippen molar-refractivity contribution in [3.05, 3.63) is 0 Å². The zero-order valence-electron chi connectivity index (χ0n) is 11.1. The van der Waals surface area contributed by atoms with Gasteiger partial charge in [-0.1, -0.05) is 0 Å². The number of nitrogens with zero attached hydrogens (tertiary/aromatic N) is 1. The Kier molecular flexibility index (Phi) is 5.35. The van der Waals surface area contributed by atoms with Crippen molar-refractivity contribution in [3.8, 4) is 0 Å². The maximum Gasteiger partial charge on any atom is 0.213 e. The van der Waals surface area contributed by atoms with E-state index in [1.165, 1.54) is 17.9 Å². The van der Waals surface area contributed by atoms with Gasteiger partial charge in [-0.3, -0.25) is 0 Å². The third-order valence-electron chi connectivity index (χ3n) is 3.93. The monoisotopic (exact) mass is 292 g/mol. The molecule has 1 atom stereocenters. The van der Waals surface area contributed by atoms with Crippen LogP contribution in [-0.4, -0.2) is 55.7 Å². The van der Waals surface area contributed by atoms with Gasteiger partial charge in [0, 0.05) is 19.1 Å². The van der Waals surface area contributed by atoms with Gasteiger partial charge in [0.25, 0.3) is 0 Å². The van der Waals surface area contributed by atoms with E-state index in [9.17, 15) is 8.42 Å². The first-order valence-corrected chi connectivity index (χ1v) is 9.67. The zero-order valence-corrected chi connectivity index (χ0v) is 12.7. The molecule has 2 aliphatic rings. The van der Waals surface area contributed by atoms with E-state index in [1.54, 1.807) is 11.2 Å². The van der Waals surface area contributed by atoms with Gasteiger partial charge in [-0.25, -0.2) is 12.7 Å². The first kappa shape index (κ1) is 14.6. The molecule has 2 aliphatic heterocycles. The summed E-state index contributed by atoms with van der Waals surface area (Å²) in [6, 6.07) is 0.513. The molecule has 1 N–H and O–H groups in total. The molecule has 2 heterocycles. The molecule has 0 radical (unpaired) electrons. The molecule has 0 saturated carbocycles. The van der Waals surface area contributed by atoms with Crippen LogP contribution in [0.25, 0.3) is 0 Å². The highest BCUT2D eigenvalue weighted by Crippen LogP contribution is 2.23. The smallest absolute Gasteiger partial charge is 0.213 e. The van der Waals surface area contributed by atoms with Crippen LogP contribution in [0.15, 0.2) is 0 Å². The summed E-state index contributed by atoms with van der Waals surface area (Å²) in [4.78, 5) is 0. The molecular weight excluding hydrogens is 268 g/mol. The predicted octanol–water partition coefficient (Wildman–Crippen LogP) is 1.14. The highest BCUT2D eigenvalue weighted by molar-refractivity contribution is 7.99. The van der Waals surface area contributed by atoms with Gasteiger partial charge in [0.1, 0.15) is 0 Å². The summed E-state index contributed by atoms with van der Waals surface area (Å²) in [6.45, 7) is 4.20. The van der Waals surface area contributed by atoms with Crippen molar-refractivity contribution in [3.63, 3.8) is 0 Å². The third-order valence-corrected chi connectivity index (χ3v) is 7.04. The molecule has 6 heteroatoms. The van der Waals surface area contributed by atoms with Crippen molar-refractivity contribution >= 4 is 21.8 Å². The summed E-state index contributed by atoms with van der Waals surface area (Å²) in [6.07, 6.45) is 3.25. The van der Waals surface area contributed by atoms with Crippen LogP contribution in [-0.2, 0) is 10.0 Å². The summed E-state index contributed by atoms with van der Waals surface area (Å²) >= 11 is 2.05. The lowest BCUT2D eigenvalue weighted by atomic mass is 10.0. The topological polar surface area (TPSA) is 49.4 Å². The SMILES string of the molecule is CCS(=O)(=O)N1CCC(NCC2CCSC2)CC1. The van der Waals surface area contributed by atoms with Crippen molar-refractivity contribution in [1.29, 1.82) is 0 Å². The molecule has 2 saturated heterocycles. The van der Waals surface area contributed by atoms with E-state index >= 15 is 0 Å². The van der Waals surface area contributed by atoms with Crippen LogP contribution in [0.2, 0.25) is 0 Å². The molecule has 0 bridgehead atoms. The minimum atomic E-state index is -2.97. The predicted molar refractivity (Wildman–Crippen MR) is 77.5 cm³/mol. The Morgan fingerprint density at radius 1 is 1.28 bits per heavy atom. The number of sulfonamides is 1. The van der Waals surface area contributed by atoms with Gasteiger partial charge in [-0.15, -0.1) is 0 Å². The van der Waals surface area contributed by atoms with Crippen LogP contribution < -0.4 is 5.32 Å². The van der Waals surface area contributed by atoms with Crippen molar-refractivity contribution in [1.82, 2.24) is 9.62 Å². The van der Waals surface area contributed by atoms with Gasteiger partial charge in [-0.05, 0) is 50.2 Å². The lowest BCUT2D eigenvalue weighted by Crippen LogP contribution is -2.46. The molecule has 106 valence electrons. The molecular formula is C12H24N2O2S2. The Hall–Kier alpha value is 0.220. The van der Waals surface area contributed by atoms with Crippen LogP contribution >= 0.6 is 11.8 Å². The molecule has 2 rings (SSSR count). The maximum absolute atomic E-state index is 11.7. The van der Waals surface area contributed by atoms with Gasteiger partial charge >= 0.3 is 0 Å². The Labute approximate surface area is 115 Å². The van der Waals surface area contributed by atoms with Gasteiger partial charge in [0.15, 0.2) is 0 Å². The second-order valence-electron chi connectivity index (χ2n) is 5.21. The highest BCUT2D eigenvalue weighted by Gasteiger charge is 2.27. The van der Waals surface area contributed by atoms with E-state index in [1.807, 2.05) is 11.8 Å². The van der Waals surface area contributed by atoms with Crippen molar-refractivity contribution < 1.29 is 8.42 Å². The normalized spacial score (nSPS) is 27.7. The fourth-order valence-electron chi connectivity index (χ4n) is 2.60. The lowest BCUT2D eigenvalue weighted by Gasteiger charge is -2.32. The molecule has 0 aliphatic carbocycles. The molecule has 2 fully saturated rings. The van der Waals surface area contributed by atoms with Crippen LogP contribution in [0, 0.1) is 5.92 Å². The average Bonchev–Trinajstić information content (AvgIpc) is 2.90. The van der Waals surface area contributed by atoms with E-state index in [2.05, 4.69) is 5.32 Å². The number of hydrogen-bond acceptors (Lipinski definition) is 4. The first-order valence-electron chi connectivity index (χ1n) is 6.90. The Balaban J connectivity index is 1.70. The number of hydrogen-bond donors (Lipinski definition) is 1. The number of piperidine rings is 1. The Morgan fingerprint density at radius 2 is 2.00 bits per heavy atom. The summed E-state index contributed by atoms with van der Waals surface area (Å²) in [7, 11) is -2.97. The van der Waals surface area contributed by atoms with E-state index in [4.69, 9.17) is 0 Å². The second-order valence-corrected chi connectivity index (χ2v) is 8.62. The molecule has 0 amide bonds. The molecule has 18 heavy (non-hydrogen) atoms. The summed E-state index contributed by atoms with van der Waals surface area (Å²) in [5.41, 5.74) is 0. The van der Waals surface area contributed by atoms with Gasteiger partial charge < -0.3 is 5.32 Å². The van der Waals surface area contributed by atoms with E-state index < -0.39 is 10.0 Å². The van der Waals surface area contributed by atoms with Gasteiger partial charge in [0.2, 0.25) is 10.0 Å². The fourth-order valence-corrected chi connectivity index (χ4v) is 5.02. The third kappa shape index (κ3) is 3.85. The molecule has 4 nitrogen and oxygen atoms in total. The van der Waals surface area contributed by atoms with Crippen LogP contribution in [0.5, 0.6) is 0 Å². The van der Waals surface area contributed by atoms with Gasteiger partial charge in [-0.2, -0.15) is 11.8 Å². The Morgan fingerprint density at radius 3 is 2.56 bits per heavy atom. The lowest BCUT2D eigenvalue weighted by molar-refractivity contribution is 0.283. The number of thioether (sulfide) groups is 1. The van der Waals surface area contributed by atoms with E-state index in [0.29, 0.717) is 19.1 Å². The van der Waals surface area contributed by atoms with Crippen molar-refractivity contribution in [2.75, 3.05) is 36.9 Å². The minimum absolute atomic E-state index is 0.227. The second kappa shape index (κ2) is 6.59. The quantitative estimate of drug-likeness (QED) is 0.826. The summed E-state index contributed by atoms with van der Waals surface area (Å²) in [5.74, 6) is 3.65. The van der Waals surface area contributed by atoms with Gasteiger partial charge in [0.05, 0.1) is 5.75 Å². The zero-order chi connectivity index (χ0) is 13.0. The molecule has 0 aromatic heterocycles. The number of rotatable bonds is 5. The minimum Gasteiger partial charge on any atom is -0.314 e. The van der Waals surface area contributed by atoms with E-state index in [-0.39, 0.29) is 5.75 Å². The molecule has 0 aromatic carbocycles. The van der Waals surface area contributed by atoms with Crippen LogP contribution in [0.4, 0.5) is 0 Å².